The van der Waals surface area contributed by atoms with Gasteiger partial charge in [0.15, 0.2) is 0 Å². The highest BCUT2D eigenvalue weighted by atomic mass is 127. The van der Waals surface area contributed by atoms with Gasteiger partial charge in [0.05, 0.1) is 5.39 Å². The summed E-state index contributed by atoms with van der Waals surface area (Å²) in [6, 6.07) is 3.41. The Kier molecular flexibility index (Phi) is 2.80. The van der Waals surface area contributed by atoms with Crippen LogP contribution in [0, 0.1) is 3.57 Å². The molecule has 17 heavy (non-hydrogen) atoms. The molecule has 2 rings (SSSR count). The van der Waals surface area contributed by atoms with Gasteiger partial charge in [-0.25, -0.2) is 0 Å². The van der Waals surface area contributed by atoms with Crippen molar-refractivity contribution in [1.29, 1.82) is 0 Å². The van der Waals surface area contributed by atoms with E-state index in [2.05, 4.69) is 4.42 Å². The summed E-state index contributed by atoms with van der Waals surface area (Å²) in [5, 5.41) is 9.14. The van der Waals surface area contributed by atoms with E-state index in [1.165, 1.54) is 34.7 Å². The molecule has 0 saturated heterocycles. The summed E-state index contributed by atoms with van der Waals surface area (Å²) < 4.78 is 41.8. The molecule has 0 aliphatic carbocycles. The quantitative estimate of drug-likeness (QED) is 0.738. The molecule has 2 aromatic rings. The highest BCUT2D eigenvalue weighted by molar-refractivity contribution is 14.1. The second kappa shape index (κ2) is 3.90. The molecular weight excluding hydrogens is 352 g/mol. The van der Waals surface area contributed by atoms with Crippen LogP contribution in [0.1, 0.15) is 5.76 Å². The summed E-state index contributed by atoms with van der Waals surface area (Å²) in [6.07, 6.45) is -4.74. The molecule has 90 valence electrons. The molecule has 0 spiro atoms. The molecule has 3 nitrogen and oxygen atoms in total. The maximum absolute atomic E-state index is 12.6. The minimum Gasteiger partial charge on any atom is -0.508 e. The lowest BCUT2D eigenvalue weighted by molar-refractivity contribution is -0.153. The molecule has 1 aromatic carbocycles. The Morgan fingerprint density at radius 3 is 2.53 bits per heavy atom. The van der Waals surface area contributed by atoms with Gasteiger partial charge in [-0.3, -0.25) is 4.79 Å². The molecule has 0 amide bonds. The fourth-order valence-corrected chi connectivity index (χ4v) is 2.05. The summed E-state index contributed by atoms with van der Waals surface area (Å²) in [6.45, 7) is 0. The molecule has 1 heterocycles. The van der Waals surface area contributed by atoms with Crippen LogP contribution >= 0.6 is 22.6 Å². The Balaban J connectivity index is 2.91. The van der Waals surface area contributed by atoms with Gasteiger partial charge in [-0.05, 0) is 34.7 Å². The van der Waals surface area contributed by atoms with Crippen molar-refractivity contribution in [1.82, 2.24) is 0 Å². The fourth-order valence-electron chi connectivity index (χ4n) is 1.34. The van der Waals surface area contributed by atoms with E-state index in [4.69, 9.17) is 5.11 Å². The zero-order chi connectivity index (χ0) is 12.8. The van der Waals surface area contributed by atoms with Gasteiger partial charge in [0.2, 0.25) is 11.2 Å². The molecule has 0 aliphatic heterocycles. The predicted octanol–water partition coefficient (Wildman–Crippen LogP) is 3.12. The van der Waals surface area contributed by atoms with Gasteiger partial charge in [-0.15, -0.1) is 0 Å². The monoisotopic (exact) mass is 356 g/mol. The van der Waals surface area contributed by atoms with Crippen LogP contribution in [-0.4, -0.2) is 5.11 Å². The highest BCUT2D eigenvalue weighted by Crippen LogP contribution is 2.33. The van der Waals surface area contributed by atoms with Crippen LogP contribution in [0.5, 0.6) is 5.75 Å². The van der Waals surface area contributed by atoms with Gasteiger partial charge in [0.1, 0.15) is 14.9 Å². The van der Waals surface area contributed by atoms with Crippen molar-refractivity contribution in [3.05, 3.63) is 37.8 Å². The lowest BCUT2D eigenvalue weighted by atomic mass is 10.2. The van der Waals surface area contributed by atoms with E-state index < -0.39 is 20.9 Å². The maximum atomic E-state index is 12.6. The highest BCUT2D eigenvalue weighted by Gasteiger charge is 2.38. The van der Waals surface area contributed by atoms with Gasteiger partial charge in [0, 0.05) is 6.07 Å². The Hall–Kier alpha value is -1.25. The Morgan fingerprint density at radius 1 is 1.29 bits per heavy atom. The van der Waals surface area contributed by atoms with Crippen LogP contribution in [-0.2, 0) is 6.18 Å². The predicted molar refractivity (Wildman–Crippen MR) is 61.9 cm³/mol. The topological polar surface area (TPSA) is 50.4 Å². The number of halogens is 4. The van der Waals surface area contributed by atoms with E-state index in [1.54, 1.807) is 0 Å². The molecule has 0 saturated carbocycles. The molecule has 7 heteroatoms. The standard InChI is InChI=1S/C10H4F3IO3/c11-10(12,13)9-7(14)8(16)5-2-1-4(15)3-6(5)17-9/h1-3,15H. The summed E-state index contributed by atoms with van der Waals surface area (Å²) in [5.41, 5.74) is -1.05. The number of hydrogen-bond acceptors (Lipinski definition) is 3. The summed E-state index contributed by atoms with van der Waals surface area (Å²) >= 11 is 1.30. The number of phenols is 1. The third-order valence-corrected chi connectivity index (χ3v) is 3.06. The van der Waals surface area contributed by atoms with Crippen LogP contribution < -0.4 is 5.43 Å². The zero-order valence-corrected chi connectivity index (χ0v) is 10.2. The second-order valence-electron chi connectivity index (χ2n) is 3.25. The zero-order valence-electron chi connectivity index (χ0n) is 8.01. The Morgan fingerprint density at radius 2 is 1.94 bits per heavy atom. The normalized spacial score (nSPS) is 12.0. The smallest absolute Gasteiger partial charge is 0.450 e. The molecule has 1 aromatic heterocycles. The van der Waals surface area contributed by atoms with Crippen LogP contribution in [0.15, 0.2) is 27.4 Å². The van der Waals surface area contributed by atoms with E-state index in [0.717, 1.165) is 6.07 Å². The molecule has 0 bridgehead atoms. The van der Waals surface area contributed by atoms with Crippen LogP contribution in [0.4, 0.5) is 13.2 Å². The third kappa shape index (κ3) is 2.11. The fraction of sp³-hybridized carbons (Fsp3) is 0.100. The van der Waals surface area contributed by atoms with Gasteiger partial charge in [-0.1, -0.05) is 0 Å². The van der Waals surface area contributed by atoms with E-state index in [9.17, 15) is 18.0 Å². The van der Waals surface area contributed by atoms with E-state index >= 15 is 0 Å². The van der Waals surface area contributed by atoms with E-state index in [1.807, 2.05) is 0 Å². The van der Waals surface area contributed by atoms with Crippen LogP contribution in [0.3, 0.4) is 0 Å². The van der Waals surface area contributed by atoms with E-state index in [0.29, 0.717) is 0 Å². The maximum Gasteiger partial charge on any atom is 0.450 e. The number of phenolic OH excluding ortho intramolecular Hbond substituents is 1. The molecular formula is C10H4F3IO3. The van der Waals surface area contributed by atoms with Crippen molar-refractivity contribution in [2.75, 3.05) is 0 Å². The lowest BCUT2D eigenvalue weighted by Crippen LogP contribution is -2.16. The van der Waals surface area contributed by atoms with Crippen molar-refractivity contribution in [3.8, 4) is 5.75 Å². The molecule has 0 atom stereocenters. The first-order valence-electron chi connectivity index (χ1n) is 4.33. The first-order chi connectivity index (χ1) is 7.80. The van der Waals surface area contributed by atoms with Crippen molar-refractivity contribution in [2.24, 2.45) is 0 Å². The number of aromatic hydroxyl groups is 1. The summed E-state index contributed by atoms with van der Waals surface area (Å²) in [7, 11) is 0. The minimum absolute atomic E-state index is 0.000185. The number of benzene rings is 1. The largest absolute Gasteiger partial charge is 0.508 e. The average molecular weight is 356 g/mol. The van der Waals surface area contributed by atoms with Crippen LogP contribution in [0.25, 0.3) is 11.0 Å². The lowest BCUT2D eigenvalue weighted by Gasteiger charge is -2.08. The third-order valence-electron chi connectivity index (χ3n) is 2.08. The van der Waals surface area contributed by atoms with Crippen molar-refractivity contribution in [2.45, 2.75) is 6.18 Å². The first kappa shape index (κ1) is 12.2. The average Bonchev–Trinajstić information content (AvgIpc) is 2.21. The van der Waals surface area contributed by atoms with Gasteiger partial charge < -0.3 is 9.52 Å². The molecule has 1 N–H and O–H groups in total. The Labute approximate surface area is 106 Å². The number of alkyl halides is 3. The van der Waals surface area contributed by atoms with Gasteiger partial charge in [0.25, 0.3) is 0 Å². The molecule has 0 unspecified atom stereocenters. The van der Waals surface area contributed by atoms with Crippen molar-refractivity contribution < 1.29 is 22.7 Å². The molecule has 0 radical (unpaired) electrons. The molecule has 0 fully saturated rings. The molecule has 0 aliphatic rings. The number of hydrogen-bond donors (Lipinski definition) is 1. The van der Waals surface area contributed by atoms with Crippen molar-refractivity contribution >= 4 is 33.6 Å². The van der Waals surface area contributed by atoms with Gasteiger partial charge >= 0.3 is 6.18 Å². The van der Waals surface area contributed by atoms with E-state index in [-0.39, 0.29) is 16.7 Å². The number of fused-ring (bicyclic) bond motifs is 1. The van der Waals surface area contributed by atoms with Crippen LogP contribution in [0.2, 0.25) is 0 Å². The summed E-state index contributed by atoms with van der Waals surface area (Å²) in [5.74, 6) is -1.61. The number of rotatable bonds is 0. The Bertz CT molecular complexity index is 646. The van der Waals surface area contributed by atoms with Crippen molar-refractivity contribution in [3.63, 3.8) is 0 Å². The minimum atomic E-state index is -4.74. The summed E-state index contributed by atoms with van der Waals surface area (Å²) in [4.78, 5) is 11.7. The van der Waals surface area contributed by atoms with Gasteiger partial charge in [-0.2, -0.15) is 13.2 Å². The second-order valence-corrected chi connectivity index (χ2v) is 4.33. The first-order valence-corrected chi connectivity index (χ1v) is 5.41. The SMILES string of the molecule is O=c1c(I)c(C(F)(F)F)oc2cc(O)ccc12.